The van der Waals surface area contributed by atoms with E-state index in [0.29, 0.717) is 12.0 Å². The second-order valence-electron chi connectivity index (χ2n) is 9.01. The highest BCUT2D eigenvalue weighted by molar-refractivity contribution is 5.65. The van der Waals surface area contributed by atoms with Crippen molar-refractivity contribution in [2.24, 2.45) is 5.92 Å². The Morgan fingerprint density at radius 1 is 1.21 bits per heavy atom. The summed E-state index contributed by atoms with van der Waals surface area (Å²) in [7, 11) is 0. The summed E-state index contributed by atoms with van der Waals surface area (Å²) in [5.74, 6) is 0.623. The van der Waals surface area contributed by atoms with Gasteiger partial charge < -0.3 is 4.90 Å². The minimum Gasteiger partial charge on any atom is -0.320 e. The van der Waals surface area contributed by atoms with E-state index in [1.54, 1.807) is 0 Å². The van der Waals surface area contributed by atoms with Crippen molar-refractivity contribution < 1.29 is 0 Å². The van der Waals surface area contributed by atoms with Crippen LogP contribution in [-0.2, 0) is 0 Å². The Kier molecular flexibility index (Phi) is 6.85. The van der Waals surface area contributed by atoms with Crippen LogP contribution in [0.25, 0.3) is 0 Å². The predicted molar refractivity (Wildman–Crippen MR) is 127 cm³/mol. The molecule has 0 spiro atoms. The average molecular weight is 391 g/mol. The van der Waals surface area contributed by atoms with Crippen molar-refractivity contribution in [2.75, 3.05) is 11.4 Å². The standard InChI is InChI=1S/C27H38N2/c1-8-28(26-20(4)11-9-12-21(26)5)23(7)27(29-18-10-13-22(29)6)25-16-14-24(15-17-25)19(2)3/h8-9,11-12,16,22,24,27H,1-2,7,10,13-15,17-18H2,3-6H3/t22?,24-,27?/m1/s1. The molecule has 3 atom stereocenters. The highest BCUT2D eigenvalue weighted by Crippen LogP contribution is 2.38. The molecule has 0 bridgehead atoms. The van der Waals surface area contributed by atoms with Gasteiger partial charge in [0.2, 0.25) is 0 Å². The number of anilines is 1. The second-order valence-corrected chi connectivity index (χ2v) is 9.01. The van der Waals surface area contributed by atoms with Gasteiger partial charge in [-0.15, -0.1) is 0 Å². The number of rotatable bonds is 7. The summed E-state index contributed by atoms with van der Waals surface area (Å²) < 4.78 is 0. The lowest BCUT2D eigenvalue weighted by atomic mass is 9.82. The minimum absolute atomic E-state index is 0.246. The zero-order valence-corrected chi connectivity index (χ0v) is 18.9. The number of para-hydroxylation sites is 1. The van der Waals surface area contributed by atoms with Crippen LogP contribution < -0.4 is 4.90 Å². The van der Waals surface area contributed by atoms with Crippen LogP contribution in [0.3, 0.4) is 0 Å². The lowest BCUT2D eigenvalue weighted by Gasteiger charge is -2.40. The summed E-state index contributed by atoms with van der Waals surface area (Å²) >= 11 is 0. The molecule has 0 N–H and O–H groups in total. The number of allylic oxidation sites excluding steroid dienone is 2. The van der Waals surface area contributed by atoms with Gasteiger partial charge in [0.1, 0.15) is 0 Å². The monoisotopic (exact) mass is 390 g/mol. The zero-order chi connectivity index (χ0) is 21.1. The molecule has 1 heterocycles. The molecule has 156 valence electrons. The van der Waals surface area contributed by atoms with E-state index in [4.69, 9.17) is 0 Å². The van der Waals surface area contributed by atoms with Gasteiger partial charge in [-0.1, -0.05) is 55.2 Å². The fourth-order valence-electron chi connectivity index (χ4n) is 5.18. The SMILES string of the molecule is C=CN(C(=C)C(C1=CC[C@@H](C(=C)C)CC1)N1CCCC1C)c1c(C)cccc1C. The van der Waals surface area contributed by atoms with E-state index >= 15 is 0 Å². The van der Waals surface area contributed by atoms with Crippen molar-refractivity contribution in [3.63, 3.8) is 0 Å². The lowest BCUT2D eigenvalue weighted by molar-refractivity contribution is 0.230. The molecule has 0 amide bonds. The first-order chi connectivity index (χ1) is 13.8. The quantitative estimate of drug-likeness (QED) is 0.466. The maximum atomic E-state index is 4.65. The number of hydrogen-bond donors (Lipinski definition) is 0. The van der Waals surface area contributed by atoms with E-state index in [2.05, 4.69) is 81.5 Å². The molecule has 1 saturated heterocycles. The first-order valence-electron chi connectivity index (χ1n) is 11.1. The molecule has 2 heteroatoms. The summed E-state index contributed by atoms with van der Waals surface area (Å²) in [5, 5.41) is 0. The fraction of sp³-hybridized carbons (Fsp3) is 0.481. The third-order valence-corrected chi connectivity index (χ3v) is 6.92. The van der Waals surface area contributed by atoms with Crippen molar-refractivity contribution in [3.05, 3.63) is 78.2 Å². The van der Waals surface area contributed by atoms with E-state index in [0.717, 1.165) is 25.1 Å². The molecule has 2 unspecified atom stereocenters. The van der Waals surface area contributed by atoms with E-state index < -0.39 is 0 Å². The smallest absolute Gasteiger partial charge is 0.0715 e. The van der Waals surface area contributed by atoms with Gasteiger partial charge in [-0.25, -0.2) is 0 Å². The van der Waals surface area contributed by atoms with Gasteiger partial charge in [0.05, 0.1) is 11.7 Å². The number of benzene rings is 1. The Bertz CT molecular complexity index is 796. The predicted octanol–water partition coefficient (Wildman–Crippen LogP) is 6.92. The first kappa shape index (κ1) is 21.6. The van der Waals surface area contributed by atoms with Crippen LogP contribution in [0.2, 0.25) is 0 Å². The maximum Gasteiger partial charge on any atom is 0.0715 e. The molecule has 0 aromatic heterocycles. The van der Waals surface area contributed by atoms with Crippen LogP contribution in [0, 0.1) is 19.8 Å². The molecule has 0 saturated carbocycles. The average Bonchev–Trinajstić information content (AvgIpc) is 3.11. The highest BCUT2D eigenvalue weighted by Gasteiger charge is 2.35. The topological polar surface area (TPSA) is 6.48 Å². The number of hydrogen-bond acceptors (Lipinski definition) is 2. The lowest BCUT2D eigenvalue weighted by Crippen LogP contribution is -2.44. The Balaban J connectivity index is 1.98. The summed E-state index contributed by atoms with van der Waals surface area (Å²) in [4.78, 5) is 4.91. The number of nitrogens with zero attached hydrogens (tertiary/aromatic N) is 2. The van der Waals surface area contributed by atoms with E-state index in [-0.39, 0.29) is 6.04 Å². The van der Waals surface area contributed by atoms with Crippen LogP contribution in [0.15, 0.2) is 67.1 Å². The molecule has 2 nitrogen and oxygen atoms in total. The van der Waals surface area contributed by atoms with E-state index in [9.17, 15) is 0 Å². The summed E-state index contributed by atoms with van der Waals surface area (Å²) in [6.07, 6.45) is 10.4. The van der Waals surface area contributed by atoms with Gasteiger partial charge in [-0.3, -0.25) is 4.90 Å². The molecule has 0 radical (unpaired) electrons. The molecule has 29 heavy (non-hydrogen) atoms. The second kappa shape index (κ2) is 9.17. The van der Waals surface area contributed by atoms with Gasteiger partial charge >= 0.3 is 0 Å². The van der Waals surface area contributed by atoms with Gasteiger partial charge in [-0.2, -0.15) is 0 Å². The third kappa shape index (κ3) is 4.43. The Morgan fingerprint density at radius 2 is 1.90 bits per heavy atom. The highest BCUT2D eigenvalue weighted by atomic mass is 15.3. The number of aryl methyl sites for hydroxylation is 2. The molecule has 2 aliphatic rings. The Labute approximate surface area is 178 Å². The van der Waals surface area contributed by atoms with Crippen LogP contribution >= 0.6 is 0 Å². The van der Waals surface area contributed by atoms with Crippen molar-refractivity contribution in [1.82, 2.24) is 4.90 Å². The zero-order valence-electron chi connectivity index (χ0n) is 18.9. The fourth-order valence-corrected chi connectivity index (χ4v) is 5.18. The van der Waals surface area contributed by atoms with Gasteiger partial charge in [-0.05, 0) is 83.4 Å². The molecular weight excluding hydrogens is 352 g/mol. The Hall–Kier alpha value is -2.06. The van der Waals surface area contributed by atoms with Crippen LogP contribution in [0.4, 0.5) is 5.69 Å². The van der Waals surface area contributed by atoms with Crippen LogP contribution in [0.5, 0.6) is 0 Å². The van der Waals surface area contributed by atoms with E-state index in [1.165, 1.54) is 47.2 Å². The molecule has 1 aliphatic carbocycles. The summed E-state index contributed by atoms with van der Waals surface area (Å²) in [5.41, 5.74) is 7.72. The molecule has 1 aliphatic heterocycles. The summed E-state index contributed by atoms with van der Waals surface area (Å²) in [6, 6.07) is 7.31. The van der Waals surface area contributed by atoms with Crippen LogP contribution in [0.1, 0.15) is 57.1 Å². The van der Waals surface area contributed by atoms with Crippen molar-refractivity contribution in [3.8, 4) is 0 Å². The van der Waals surface area contributed by atoms with Crippen molar-refractivity contribution in [1.29, 1.82) is 0 Å². The molecular formula is C27H38N2. The minimum atomic E-state index is 0.246. The molecule has 3 rings (SSSR count). The largest absolute Gasteiger partial charge is 0.320 e. The molecule has 1 aromatic rings. The van der Waals surface area contributed by atoms with Gasteiger partial charge in [0.15, 0.2) is 0 Å². The Morgan fingerprint density at radius 3 is 2.38 bits per heavy atom. The van der Waals surface area contributed by atoms with Crippen LogP contribution in [-0.4, -0.2) is 23.5 Å². The third-order valence-electron chi connectivity index (χ3n) is 6.92. The number of likely N-dealkylation sites (tertiary alicyclic amines) is 1. The van der Waals surface area contributed by atoms with Crippen molar-refractivity contribution in [2.45, 2.75) is 71.9 Å². The normalized spacial score (nSPS) is 23.4. The first-order valence-corrected chi connectivity index (χ1v) is 11.1. The molecule has 1 aromatic carbocycles. The van der Waals surface area contributed by atoms with Crippen molar-refractivity contribution >= 4 is 5.69 Å². The summed E-state index contributed by atoms with van der Waals surface area (Å²) in [6.45, 7) is 23.0. The maximum absolute atomic E-state index is 4.65. The van der Waals surface area contributed by atoms with Gasteiger partial charge in [0, 0.05) is 17.9 Å². The van der Waals surface area contributed by atoms with E-state index in [1.807, 2.05) is 6.20 Å². The molecule has 1 fully saturated rings. The van der Waals surface area contributed by atoms with Gasteiger partial charge in [0.25, 0.3) is 0 Å².